The highest BCUT2D eigenvalue weighted by molar-refractivity contribution is 7.88. The largest absolute Gasteiger partial charge is 0.460 e. The number of benzene rings is 2. The van der Waals surface area contributed by atoms with Crippen LogP contribution in [0.25, 0.3) is 11.2 Å². The molecule has 18 nitrogen and oxygen atoms in total. The molecule has 4 aromatic rings. The number of ether oxygens (including phenoxy) is 2. The van der Waals surface area contributed by atoms with Crippen molar-refractivity contribution in [2.75, 3.05) is 37.2 Å². The number of fused-ring (bicyclic) bond motifs is 1. The van der Waals surface area contributed by atoms with Crippen molar-refractivity contribution >= 4 is 46.7 Å². The highest BCUT2D eigenvalue weighted by atomic mass is 32.2. The third-order valence-electron chi connectivity index (χ3n) is 9.00. The van der Waals surface area contributed by atoms with Crippen molar-refractivity contribution in [3.05, 3.63) is 72.1 Å². The Labute approximate surface area is 312 Å². The number of carbonyl (C=O) groups excluding carboxylic acids is 1. The summed E-state index contributed by atoms with van der Waals surface area (Å²) in [6, 6.07) is 12.6. The second-order valence-corrected chi connectivity index (χ2v) is 16.9. The van der Waals surface area contributed by atoms with Crippen LogP contribution in [0.4, 0.5) is 24.9 Å². The lowest BCUT2D eigenvalue weighted by Crippen LogP contribution is -2.44. The van der Waals surface area contributed by atoms with E-state index >= 15 is 0 Å². The van der Waals surface area contributed by atoms with Gasteiger partial charge in [0.15, 0.2) is 23.2 Å². The van der Waals surface area contributed by atoms with Gasteiger partial charge in [-0.3, -0.25) is 18.9 Å². The van der Waals surface area contributed by atoms with Crippen LogP contribution in [-0.2, 0) is 46.2 Å². The molecule has 1 aliphatic carbocycles. The molecule has 3 heterocycles. The van der Waals surface area contributed by atoms with Crippen LogP contribution in [0.15, 0.2) is 60.9 Å². The molecule has 0 bridgehead atoms. The van der Waals surface area contributed by atoms with E-state index in [1.807, 2.05) is 0 Å². The number of nitrogen functional groups attached to an aromatic ring is 1. The molecular formula is C32H38F3N8O10PS. The molecule has 1 aliphatic heterocycles. The number of aliphatic hydroxyl groups excluding tert-OH is 1. The maximum Gasteiger partial charge on any atom is 0.458 e. The second-order valence-electron chi connectivity index (χ2n) is 13.4. The molecule has 2 aromatic heterocycles. The Morgan fingerprint density at radius 2 is 1.84 bits per heavy atom. The number of halogens is 3. The van der Waals surface area contributed by atoms with Crippen LogP contribution in [-0.4, -0.2) is 88.4 Å². The number of hydrogen-bond acceptors (Lipinski definition) is 15. The number of alkyl halides is 3. The molecule has 3 unspecified atom stereocenters. The summed E-state index contributed by atoms with van der Waals surface area (Å²) in [5, 5.41) is 26.4. The Morgan fingerprint density at radius 3 is 2.49 bits per heavy atom. The van der Waals surface area contributed by atoms with E-state index in [1.54, 1.807) is 18.2 Å². The van der Waals surface area contributed by atoms with Gasteiger partial charge in [-0.2, -0.15) is 23.1 Å². The lowest BCUT2D eigenvalue weighted by Gasteiger charge is -2.27. The monoisotopic (exact) mass is 814 g/mol. The van der Waals surface area contributed by atoms with Crippen molar-refractivity contribution in [2.45, 2.75) is 56.6 Å². The first-order chi connectivity index (χ1) is 25.7. The molecule has 2 aliphatic rings. The summed E-state index contributed by atoms with van der Waals surface area (Å²) in [5.74, 6) is -1.01. The van der Waals surface area contributed by atoms with E-state index in [-0.39, 0.29) is 53.6 Å². The fraction of sp³-hybridized carbons (Fsp3) is 0.438. The molecule has 6 N–H and O–H groups in total. The fourth-order valence-corrected chi connectivity index (χ4v) is 7.99. The summed E-state index contributed by atoms with van der Waals surface area (Å²) < 4.78 is 102. The zero-order valence-electron chi connectivity index (χ0n) is 29.5. The number of hydrogen-bond donors (Lipinski definition) is 5. The Morgan fingerprint density at radius 1 is 1.16 bits per heavy atom. The molecule has 0 radical (unpaired) electrons. The first-order valence-electron chi connectivity index (χ1n) is 16.6. The van der Waals surface area contributed by atoms with Gasteiger partial charge in [-0.15, -0.1) is 4.83 Å². The molecule has 0 spiro atoms. The van der Waals surface area contributed by atoms with Crippen LogP contribution in [0.3, 0.4) is 0 Å². The number of nitrogens with one attached hydrogen (secondary N) is 2. The van der Waals surface area contributed by atoms with Crippen molar-refractivity contribution in [2.24, 2.45) is 5.41 Å². The fourth-order valence-electron chi connectivity index (χ4n) is 5.96. The SMILES string of the molecule is CN(NS(C)(=O)=O)c1nc(N)nc2c1ncn2C1OC(COP(=O)(NCC2(C(=O)OCc3ccccc3C(F)(F)F)CC2)Oc2ccccc2)[C@@H](O)[C@@]1(C)O. The predicted molar refractivity (Wildman–Crippen MR) is 188 cm³/mol. The van der Waals surface area contributed by atoms with Crippen LogP contribution >= 0.6 is 7.75 Å². The smallest absolute Gasteiger partial charge is 0.458 e. The maximum absolute atomic E-state index is 14.2. The van der Waals surface area contributed by atoms with E-state index in [1.165, 1.54) is 55.2 Å². The van der Waals surface area contributed by atoms with E-state index in [2.05, 4.69) is 24.9 Å². The molecule has 298 valence electrons. The number of para-hydroxylation sites is 1. The van der Waals surface area contributed by atoms with E-state index in [4.69, 9.17) is 24.3 Å². The Hall–Kier alpha value is -4.41. The predicted octanol–water partition coefficient (Wildman–Crippen LogP) is 2.65. The molecule has 55 heavy (non-hydrogen) atoms. The lowest BCUT2D eigenvalue weighted by molar-refractivity contribution is -0.153. The standard InChI is InChI=1S/C32H38F3N8O10PS/c1-30(46)24(44)22(52-27(30)43-18-37-23-25(39-29(36)40-26(23)43)42(2)41-55(3,48)49)16-51-54(47,53-20-10-5-4-6-11-20)38-17-31(13-14-31)28(45)50-15-19-9-7-8-12-21(19)32(33,34)35/h4-12,18,22,24,27,41,44,46H,13-17H2,1-3H3,(H,38,47)(H2,36,39,40)/t22?,24-,27?,30-,54?/m1/s1. The van der Waals surface area contributed by atoms with Gasteiger partial charge >= 0.3 is 19.9 Å². The van der Waals surface area contributed by atoms with E-state index in [0.717, 1.165) is 17.3 Å². The van der Waals surface area contributed by atoms with Crippen LogP contribution in [0.5, 0.6) is 5.75 Å². The number of nitrogens with zero attached hydrogens (tertiary/aromatic N) is 5. The summed E-state index contributed by atoms with van der Waals surface area (Å²) in [6.45, 7) is -0.306. The van der Waals surface area contributed by atoms with Crippen molar-refractivity contribution in [3.63, 3.8) is 0 Å². The topological polar surface area (TPSA) is 243 Å². The number of aliphatic hydroxyl groups is 2. The molecular weight excluding hydrogens is 776 g/mol. The molecule has 1 saturated carbocycles. The van der Waals surface area contributed by atoms with Crippen molar-refractivity contribution in [1.82, 2.24) is 29.4 Å². The van der Waals surface area contributed by atoms with Gasteiger partial charge in [-0.05, 0) is 38.0 Å². The summed E-state index contributed by atoms with van der Waals surface area (Å²) >= 11 is 0. The number of imidazole rings is 1. The summed E-state index contributed by atoms with van der Waals surface area (Å²) in [4.78, 5) is 27.9. The van der Waals surface area contributed by atoms with Gasteiger partial charge in [-0.1, -0.05) is 36.4 Å². The molecule has 2 aromatic carbocycles. The van der Waals surface area contributed by atoms with Gasteiger partial charge in [0.05, 0.1) is 30.2 Å². The molecule has 0 amide bonds. The highest BCUT2D eigenvalue weighted by Crippen LogP contribution is 2.52. The molecule has 5 atom stereocenters. The maximum atomic E-state index is 14.2. The van der Waals surface area contributed by atoms with Crippen molar-refractivity contribution in [1.29, 1.82) is 0 Å². The highest BCUT2D eigenvalue weighted by Gasteiger charge is 2.55. The van der Waals surface area contributed by atoms with E-state index in [9.17, 15) is 41.2 Å². The Bertz CT molecular complexity index is 2210. The normalized spacial score (nSPS) is 23.3. The van der Waals surface area contributed by atoms with E-state index < -0.39 is 78.1 Å². The number of hydrazine groups is 1. The minimum absolute atomic E-state index is 0.00644. The molecule has 6 rings (SSSR count). The van der Waals surface area contributed by atoms with Crippen molar-refractivity contribution in [3.8, 4) is 5.75 Å². The summed E-state index contributed by atoms with van der Waals surface area (Å²) in [6.07, 6.45) is -6.38. The van der Waals surface area contributed by atoms with Crippen LogP contribution in [0, 0.1) is 5.41 Å². The van der Waals surface area contributed by atoms with Gasteiger partial charge in [0.2, 0.25) is 16.0 Å². The minimum Gasteiger partial charge on any atom is -0.460 e. The number of aromatic nitrogens is 4. The van der Waals surface area contributed by atoms with Crippen molar-refractivity contribution < 1.29 is 59.7 Å². The van der Waals surface area contributed by atoms with Gasteiger partial charge < -0.3 is 29.9 Å². The van der Waals surface area contributed by atoms with Gasteiger partial charge in [0.25, 0.3) is 0 Å². The molecule has 2 fully saturated rings. The third kappa shape index (κ3) is 8.86. The average molecular weight is 815 g/mol. The Kier molecular flexibility index (Phi) is 10.9. The van der Waals surface area contributed by atoms with Gasteiger partial charge in [0, 0.05) is 19.2 Å². The lowest BCUT2D eigenvalue weighted by atomic mass is 9.96. The number of sulfonamides is 1. The first-order valence-corrected chi connectivity index (χ1v) is 20.0. The van der Waals surface area contributed by atoms with Gasteiger partial charge in [-0.25, -0.2) is 23.1 Å². The number of anilines is 2. The van der Waals surface area contributed by atoms with Crippen LogP contribution in [0.2, 0.25) is 0 Å². The first kappa shape index (κ1) is 40.3. The second kappa shape index (κ2) is 14.9. The number of carbonyl (C=O) groups is 1. The number of nitrogens with two attached hydrogens (primary N) is 1. The van der Waals surface area contributed by atoms with E-state index in [0.29, 0.717) is 0 Å². The third-order valence-corrected chi connectivity index (χ3v) is 11.1. The number of esters is 1. The molecule has 1 saturated heterocycles. The average Bonchev–Trinajstić information content (AvgIpc) is 3.75. The zero-order valence-corrected chi connectivity index (χ0v) is 31.2. The van der Waals surface area contributed by atoms with Crippen LogP contribution < -0.4 is 25.2 Å². The summed E-state index contributed by atoms with van der Waals surface area (Å²) in [5.41, 5.74) is 1.53. The minimum atomic E-state index is -4.65. The quantitative estimate of drug-likeness (QED) is 0.0658. The Balaban J connectivity index is 1.18. The van der Waals surface area contributed by atoms with Crippen LogP contribution in [0.1, 0.15) is 37.1 Å². The zero-order chi connectivity index (χ0) is 40.0. The number of rotatable bonds is 15. The summed E-state index contributed by atoms with van der Waals surface area (Å²) in [7, 11) is -6.80. The van der Waals surface area contributed by atoms with Gasteiger partial charge in [0.1, 0.15) is 30.2 Å². The molecule has 23 heteroatoms.